The molecule has 6 heterocycles. The normalized spacial score (nSPS) is 11.6. The van der Waals surface area contributed by atoms with Crippen LogP contribution in [0.1, 0.15) is 0 Å². The van der Waals surface area contributed by atoms with E-state index in [1.54, 1.807) is 0 Å². The van der Waals surface area contributed by atoms with Gasteiger partial charge in [0.05, 0.1) is 56.2 Å². The van der Waals surface area contributed by atoms with Crippen molar-refractivity contribution in [3.63, 3.8) is 0 Å². The number of hydrogen-bond acceptors (Lipinski definition) is 4. The highest BCUT2D eigenvalue weighted by molar-refractivity contribution is 6.10. The fourth-order valence-electron chi connectivity index (χ4n) is 8.03. The molecular weight excluding hydrogens is 685 g/mol. The Balaban J connectivity index is 1.03. The van der Waals surface area contributed by atoms with Gasteiger partial charge in [0.2, 0.25) is 0 Å². The van der Waals surface area contributed by atoms with Gasteiger partial charge in [-0.15, -0.1) is 0 Å². The first kappa shape index (κ1) is 31.8. The van der Waals surface area contributed by atoms with Crippen LogP contribution >= 0.6 is 0 Å². The van der Waals surface area contributed by atoms with Crippen molar-refractivity contribution in [2.24, 2.45) is 0 Å². The van der Waals surface area contributed by atoms with E-state index in [2.05, 4.69) is 167 Å². The van der Waals surface area contributed by atoms with Gasteiger partial charge in [0.1, 0.15) is 11.6 Å². The van der Waals surface area contributed by atoms with Gasteiger partial charge in [0, 0.05) is 21.5 Å². The maximum atomic E-state index is 5.27. The highest BCUT2D eigenvalue weighted by Gasteiger charge is 2.17. The summed E-state index contributed by atoms with van der Waals surface area (Å²) in [6.07, 6.45) is 0. The van der Waals surface area contributed by atoms with E-state index in [0.717, 1.165) is 79.0 Å². The Morgan fingerprint density at radius 3 is 1.05 bits per heavy atom. The summed E-state index contributed by atoms with van der Waals surface area (Å²) in [5, 5.41) is 4.79. The van der Waals surface area contributed by atoms with Crippen LogP contribution in [0.4, 0.5) is 0 Å². The molecule has 0 aliphatic rings. The third kappa shape index (κ3) is 5.27. The van der Waals surface area contributed by atoms with Gasteiger partial charge in [-0.05, 0) is 83.9 Å². The Morgan fingerprint density at radius 2 is 0.589 bits per heavy atom. The molecule has 56 heavy (non-hydrogen) atoms. The van der Waals surface area contributed by atoms with E-state index in [0.29, 0.717) is 0 Å². The molecule has 5 aromatic carbocycles. The number of hydrogen-bond donors (Lipinski definition) is 0. The highest BCUT2D eigenvalue weighted by atomic mass is 15.1. The molecule has 262 valence electrons. The highest BCUT2D eigenvalue weighted by Crippen LogP contribution is 2.35. The van der Waals surface area contributed by atoms with E-state index in [1.165, 1.54) is 21.5 Å². The van der Waals surface area contributed by atoms with Crippen LogP contribution in [0.3, 0.4) is 0 Å². The van der Waals surface area contributed by atoms with Crippen LogP contribution < -0.4 is 0 Å². The summed E-state index contributed by atoms with van der Waals surface area (Å²) in [4.78, 5) is 20.9. The molecule has 0 spiro atoms. The molecule has 11 rings (SSSR count). The minimum Gasteiger partial charge on any atom is -0.294 e. The monoisotopic (exact) mass is 716 g/mol. The minimum absolute atomic E-state index is 0.754. The quantitative estimate of drug-likeness (QED) is 0.172. The maximum absolute atomic E-state index is 5.27. The third-order valence-corrected chi connectivity index (χ3v) is 10.6. The second-order valence-corrected chi connectivity index (χ2v) is 13.9. The Kier molecular flexibility index (Phi) is 7.38. The Labute approximate surface area is 322 Å². The lowest BCUT2D eigenvalue weighted by Crippen LogP contribution is -2.01. The second-order valence-electron chi connectivity index (χ2n) is 13.9. The zero-order chi connectivity index (χ0) is 37.0. The van der Waals surface area contributed by atoms with Crippen molar-refractivity contribution in [2.45, 2.75) is 0 Å². The number of pyridine rings is 4. The molecule has 0 fully saturated rings. The lowest BCUT2D eigenvalue weighted by molar-refractivity contribution is 1.07. The number of benzene rings is 5. The van der Waals surface area contributed by atoms with Crippen molar-refractivity contribution in [2.75, 3.05) is 0 Å². The summed E-state index contributed by atoms with van der Waals surface area (Å²) in [7, 11) is 0. The molecule has 0 radical (unpaired) electrons. The number of aromatic nitrogens is 6. The first-order chi connectivity index (χ1) is 27.8. The molecule has 0 saturated heterocycles. The molecule has 0 aliphatic carbocycles. The van der Waals surface area contributed by atoms with E-state index in [9.17, 15) is 0 Å². The summed E-state index contributed by atoms with van der Waals surface area (Å²) >= 11 is 0. The number of fused-ring (bicyclic) bond motifs is 6. The van der Waals surface area contributed by atoms with Crippen LogP contribution in [-0.4, -0.2) is 29.1 Å². The van der Waals surface area contributed by atoms with Crippen molar-refractivity contribution in [1.29, 1.82) is 0 Å². The molecule has 0 amide bonds. The smallest absolute Gasteiger partial charge is 0.138 e. The average molecular weight is 717 g/mol. The van der Waals surface area contributed by atoms with Crippen LogP contribution in [0.15, 0.2) is 194 Å². The van der Waals surface area contributed by atoms with Gasteiger partial charge < -0.3 is 0 Å². The molecule has 0 atom stereocenters. The first-order valence-corrected chi connectivity index (χ1v) is 18.7. The molecule has 0 bridgehead atoms. The standard InChI is InChI=1S/C50H32N6/c1-2-15-33(16-3-1)34-31-43(52-44(32-34)42-24-14-30-50(54-42)56-47-27-10-6-19-37(47)38-20-7-11-28-48(38)56)41-22-12-21-39(51-41)40-23-13-29-49(53-40)55-45-25-8-4-17-35(45)36-18-5-9-26-46(36)55/h1-32H. The number of nitrogens with zero attached hydrogens (tertiary/aromatic N) is 6. The van der Waals surface area contributed by atoms with Crippen LogP contribution in [0.25, 0.3) is 101 Å². The first-order valence-electron chi connectivity index (χ1n) is 18.7. The summed E-state index contributed by atoms with van der Waals surface area (Å²) < 4.78 is 4.47. The van der Waals surface area contributed by atoms with Gasteiger partial charge >= 0.3 is 0 Å². The Morgan fingerprint density at radius 1 is 0.250 bits per heavy atom. The van der Waals surface area contributed by atoms with Gasteiger partial charge in [-0.3, -0.25) is 9.13 Å². The fourth-order valence-corrected chi connectivity index (χ4v) is 8.03. The number of para-hydroxylation sites is 4. The van der Waals surface area contributed by atoms with Gasteiger partial charge in [0.25, 0.3) is 0 Å². The summed E-state index contributed by atoms with van der Waals surface area (Å²) in [5.41, 5.74) is 11.2. The van der Waals surface area contributed by atoms with E-state index in [-0.39, 0.29) is 0 Å². The third-order valence-electron chi connectivity index (χ3n) is 10.6. The van der Waals surface area contributed by atoms with Crippen LogP contribution in [-0.2, 0) is 0 Å². The van der Waals surface area contributed by atoms with Crippen LogP contribution in [0, 0.1) is 0 Å². The average Bonchev–Trinajstić information content (AvgIpc) is 3.80. The molecule has 6 aromatic heterocycles. The molecule has 0 N–H and O–H groups in total. The Bertz CT molecular complexity index is 3160. The summed E-state index contributed by atoms with van der Waals surface area (Å²) in [6, 6.07) is 67.0. The lowest BCUT2D eigenvalue weighted by atomic mass is 10.0. The van der Waals surface area contributed by atoms with Crippen molar-refractivity contribution in [3.8, 4) is 56.9 Å². The van der Waals surface area contributed by atoms with Gasteiger partial charge in [-0.1, -0.05) is 121 Å². The molecule has 0 saturated carbocycles. The fraction of sp³-hybridized carbons (Fsp3) is 0. The van der Waals surface area contributed by atoms with Crippen LogP contribution in [0.5, 0.6) is 0 Å². The lowest BCUT2D eigenvalue weighted by Gasteiger charge is -2.12. The van der Waals surface area contributed by atoms with E-state index < -0.39 is 0 Å². The molecule has 0 aliphatic heterocycles. The Hall–Kier alpha value is -7.70. The molecule has 11 aromatic rings. The summed E-state index contributed by atoms with van der Waals surface area (Å²) in [5.74, 6) is 1.68. The van der Waals surface area contributed by atoms with Gasteiger partial charge in [0.15, 0.2) is 0 Å². The van der Waals surface area contributed by atoms with Crippen molar-refractivity contribution >= 4 is 43.6 Å². The van der Waals surface area contributed by atoms with Crippen molar-refractivity contribution in [1.82, 2.24) is 29.1 Å². The zero-order valence-electron chi connectivity index (χ0n) is 30.2. The number of rotatable bonds is 6. The molecule has 0 unspecified atom stereocenters. The van der Waals surface area contributed by atoms with Crippen LogP contribution in [0.2, 0.25) is 0 Å². The van der Waals surface area contributed by atoms with E-state index >= 15 is 0 Å². The maximum Gasteiger partial charge on any atom is 0.138 e. The van der Waals surface area contributed by atoms with E-state index in [4.69, 9.17) is 19.9 Å². The molecular formula is C50H32N6. The predicted molar refractivity (Wildman–Crippen MR) is 228 cm³/mol. The van der Waals surface area contributed by atoms with Crippen molar-refractivity contribution in [3.05, 3.63) is 194 Å². The second kappa shape index (κ2) is 13.0. The predicted octanol–water partition coefficient (Wildman–Crippen LogP) is 12.1. The molecule has 6 heteroatoms. The topological polar surface area (TPSA) is 61.4 Å². The molecule has 6 nitrogen and oxygen atoms in total. The van der Waals surface area contributed by atoms with Crippen molar-refractivity contribution < 1.29 is 0 Å². The largest absolute Gasteiger partial charge is 0.294 e. The minimum atomic E-state index is 0.754. The van der Waals surface area contributed by atoms with E-state index in [1.807, 2.05) is 36.4 Å². The van der Waals surface area contributed by atoms with Gasteiger partial charge in [-0.2, -0.15) is 0 Å². The zero-order valence-corrected chi connectivity index (χ0v) is 30.2. The SMILES string of the molecule is c1ccc(-c2cc(-c3cccc(-c4cccc(-n5c6ccccc6c6ccccc65)n4)n3)nc(-c3cccc(-n4c5ccccc5c5ccccc54)n3)c2)cc1. The summed E-state index contributed by atoms with van der Waals surface area (Å²) in [6.45, 7) is 0. The van der Waals surface area contributed by atoms with Gasteiger partial charge in [-0.25, -0.2) is 19.9 Å².